The predicted molar refractivity (Wildman–Crippen MR) is 120 cm³/mol. The number of hydrogen-bond donors (Lipinski definition) is 3. The van der Waals surface area contributed by atoms with Gasteiger partial charge in [0.25, 0.3) is 5.56 Å². The highest BCUT2D eigenvalue weighted by molar-refractivity contribution is 7.80. The Morgan fingerprint density at radius 3 is 2.42 bits per heavy atom. The van der Waals surface area contributed by atoms with Gasteiger partial charge in [-0.15, -0.1) is 0 Å². The number of aromatic hydroxyl groups is 1. The minimum absolute atomic E-state index is 0.00553. The van der Waals surface area contributed by atoms with E-state index in [9.17, 15) is 31.8 Å². The SMILES string of the molecule is O=c1[nH]c2ccc(C(F)(F)F)cc2c(-c2cc(Cl)ccc2O)c1-c1ccccc1NS(=O)[O-]. The number of anilines is 1. The first-order valence-electron chi connectivity index (χ1n) is 9.27. The number of phenolic OH excluding ortho intramolecular Hbond substituents is 1. The summed E-state index contributed by atoms with van der Waals surface area (Å²) >= 11 is 3.35. The van der Waals surface area contributed by atoms with Crippen LogP contribution in [0.25, 0.3) is 33.2 Å². The lowest BCUT2D eigenvalue weighted by Gasteiger charge is -2.19. The topological polar surface area (TPSA) is 105 Å². The van der Waals surface area contributed by atoms with Crippen molar-refractivity contribution in [3.8, 4) is 28.0 Å². The fraction of sp³-hybridized carbons (Fsp3) is 0.0455. The third-order valence-corrected chi connectivity index (χ3v) is 5.58. The monoisotopic (exact) mass is 493 g/mol. The van der Waals surface area contributed by atoms with E-state index in [4.69, 9.17) is 11.6 Å². The van der Waals surface area contributed by atoms with Crippen molar-refractivity contribution >= 4 is 39.5 Å². The van der Waals surface area contributed by atoms with Crippen LogP contribution >= 0.6 is 11.6 Å². The Balaban J connectivity index is 2.20. The third-order valence-electron chi connectivity index (χ3n) is 4.96. The lowest BCUT2D eigenvalue weighted by atomic mass is 9.90. The van der Waals surface area contributed by atoms with Gasteiger partial charge in [-0.05, 0) is 42.5 Å². The summed E-state index contributed by atoms with van der Waals surface area (Å²) < 4.78 is 65.2. The molecule has 0 spiro atoms. The number of rotatable bonds is 4. The molecule has 0 saturated heterocycles. The van der Waals surface area contributed by atoms with Crippen LogP contribution in [0.15, 0.2) is 65.5 Å². The zero-order chi connectivity index (χ0) is 23.9. The molecular weight excluding hydrogens is 481 g/mol. The Morgan fingerprint density at radius 2 is 1.73 bits per heavy atom. The molecule has 170 valence electrons. The number of aromatic amines is 1. The Morgan fingerprint density at radius 1 is 1.00 bits per heavy atom. The van der Waals surface area contributed by atoms with Crippen LogP contribution in [0.3, 0.4) is 0 Å². The smallest absolute Gasteiger partial charge is 0.416 e. The Hall–Kier alpha value is -3.34. The van der Waals surface area contributed by atoms with Gasteiger partial charge in [0.2, 0.25) is 0 Å². The van der Waals surface area contributed by atoms with E-state index in [0.29, 0.717) is 0 Å². The van der Waals surface area contributed by atoms with Crippen LogP contribution in [0, 0.1) is 0 Å². The molecule has 0 aliphatic carbocycles. The van der Waals surface area contributed by atoms with Gasteiger partial charge in [0, 0.05) is 43.9 Å². The second kappa shape index (κ2) is 8.54. The number of pyridine rings is 1. The summed E-state index contributed by atoms with van der Waals surface area (Å²) in [6.45, 7) is 0. The number of para-hydroxylation sites is 1. The van der Waals surface area contributed by atoms with E-state index in [1.807, 2.05) is 0 Å². The van der Waals surface area contributed by atoms with Gasteiger partial charge in [0.05, 0.1) is 16.8 Å². The van der Waals surface area contributed by atoms with Crippen molar-refractivity contribution in [2.24, 2.45) is 0 Å². The van der Waals surface area contributed by atoms with E-state index in [1.54, 1.807) is 0 Å². The van der Waals surface area contributed by atoms with Crippen molar-refractivity contribution in [3.63, 3.8) is 0 Å². The highest BCUT2D eigenvalue weighted by Crippen LogP contribution is 2.43. The fourth-order valence-corrected chi connectivity index (χ4v) is 4.12. The number of benzene rings is 3. The van der Waals surface area contributed by atoms with E-state index < -0.39 is 28.6 Å². The maximum atomic E-state index is 13.5. The second-order valence-corrected chi connectivity index (χ2v) is 8.12. The summed E-state index contributed by atoms with van der Waals surface area (Å²) in [5.41, 5.74) is -1.65. The van der Waals surface area contributed by atoms with Gasteiger partial charge in [-0.2, -0.15) is 13.2 Å². The maximum absolute atomic E-state index is 13.5. The highest BCUT2D eigenvalue weighted by Gasteiger charge is 2.31. The number of alkyl halides is 3. The van der Waals surface area contributed by atoms with Crippen molar-refractivity contribution in [2.75, 3.05) is 4.72 Å². The van der Waals surface area contributed by atoms with Crippen LogP contribution in [-0.2, 0) is 17.4 Å². The second-order valence-electron chi connectivity index (χ2n) is 7.01. The van der Waals surface area contributed by atoms with Gasteiger partial charge >= 0.3 is 6.18 Å². The maximum Gasteiger partial charge on any atom is 0.416 e. The number of nitrogens with one attached hydrogen (secondary N) is 2. The molecule has 0 fully saturated rings. The van der Waals surface area contributed by atoms with Gasteiger partial charge in [0.1, 0.15) is 5.75 Å². The largest absolute Gasteiger partial charge is 0.755 e. The predicted octanol–water partition coefficient (Wildman–Crippen LogP) is 5.45. The molecule has 4 rings (SSSR count). The molecule has 1 aromatic heterocycles. The standard InChI is InChI=1S/C22H14ClF3N2O4S/c23-12-6-8-18(29)15(10-12)19-14-9-11(22(24,25)26)5-7-16(14)27-21(30)20(19)13-3-1-2-4-17(13)28-33(31)32/h1-10,28-29H,(H,27,30)(H,31,32)/p-1. The van der Waals surface area contributed by atoms with Gasteiger partial charge in [-0.25, -0.2) is 0 Å². The molecule has 0 aliphatic rings. The average Bonchev–Trinajstić information content (AvgIpc) is 2.74. The number of H-pyrrole nitrogens is 1. The zero-order valence-electron chi connectivity index (χ0n) is 16.4. The van der Waals surface area contributed by atoms with Crippen LogP contribution in [0.4, 0.5) is 18.9 Å². The summed E-state index contributed by atoms with van der Waals surface area (Å²) in [7, 11) is 0. The third kappa shape index (κ3) is 4.45. The van der Waals surface area contributed by atoms with Crippen LogP contribution < -0.4 is 10.3 Å². The van der Waals surface area contributed by atoms with E-state index in [0.717, 1.165) is 18.2 Å². The van der Waals surface area contributed by atoms with Crippen LogP contribution in [0.5, 0.6) is 5.75 Å². The molecule has 0 aliphatic heterocycles. The summed E-state index contributed by atoms with van der Waals surface area (Å²) in [6.07, 6.45) is -4.67. The quantitative estimate of drug-likeness (QED) is 0.329. The lowest BCUT2D eigenvalue weighted by Crippen LogP contribution is -2.14. The van der Waals surface area contributed by atoms with E-state index >= 15 is 0 Å². The minimum atomic E-state index is -4.67. The van der Waals surface area contributed by atoms with Gasteiger partial charge in [0.15, 0.2) is 0 Å². The van der Waals surface area contributed by atoms with Crippen molar-refractivity contribution in [1.29, 1.82) is 0 Å². The molecule has 33 heavy (non-hydrogen) atoms. The average molecular weight is 494 g/mol. The highest BCUT2D eigenvalue weighted by atomic mass is 35.5. The van der Waals surface area contributed by atoms with Crippen LogP contribution in [0.2, 0.25) is 5.02 Å². The Bertz CT molecular complexity index is 1470. The molecule has 0 amide bonds. The van der Waals surface area contributed by atoms with Crippen molar-refractivity contribution in [1.82, 2.24) is 4.98 Å². The Labute approximate surface area is 192 Å². The molecule has 11 heteroatoms. The molecule has 0 radical (unpaired) electrons. The molecule has 3 N–H and O–H groups in total. The number of fused-ring (bicyclic) bond motifs is 1. The van der Waals surface area contributed by atoms with Crippen molar-refractivity contribution < 1.29 is 27.0 Å². The molecular formula is C22H13ClF3N2O4S-. The zero-order valence-corrected chi connectivity index (χ0v) is 17.9. The summed E-state index contributed by atoms with van der Waals surface area (Å²) in [4.78, 5) is 15.7. The van der Waals surface area contributed by atoms with E-state index in [1.165, 1.54) is 42.5 Å². The summed E-state index contributed by atoms with van der Waals surface area (Å²) in [6, 6.07) is 12.6. The fourth-order valence-electron chi connectivity index (χ4n) is 3.59. The van der Waals surface area contributed by atoms with E-state index in [2.05, 4.69) is 9.71 Å². The first-order valence-corrected chi connectivity index (χ1v) is 10.7. The first-order chi connectivity index (χ1) is 15.6. The molecule has 1 heterocycles. The van der Waals surface area contributed by atoms with Gasteiger partial charge < -0.3 is 19.4 Å². The summed E-state index contributed by atoms with van der Waals surface area (Å²) in [5, 5.41) is 10.7. The molecule has 0 saturated carbocycles. The molecule has 0 bridgehead atoms. The molecule has 1 unspecified atom stereocenters. The number of aromatic nitrogens is 1. The molecule has 1 atom stereocenters. The van der Waals surface area contributed by atoms with Gasteiger partial charge in [-0.3, -0.25) is 9.00 Å². The lowest BCUT2D eigenvalue weighted by molar-refractivity contribution is -0.137. The normalized spacial score (nSPS) is 12.6. The van der Waals surface area contributed by atoms with E-state index in [-0.39, 0.29) is 49.6 Å². The minimum Gasteiger partial charge on any atom is -0.755 e. The van der Waals surface area contributed by atoms with Crippen LogP contribution in [0.1, 0.15) is 5.56 Å². The summed E-state index contributed by atoms with van der Waals surface area (Å²) in [5.74, 6) is -0.331. The number of phenols is 1. The van der Waals surface area contributed by atoms with Gasteiger partial charge in [-0.1, -0.05) is 29.8 Å². The molecule has 6 nitrogen and oxygen atoms in total. The first kappa shape index (κ1) is 22.8. The van der Waals surface area contributed by atoms with Crippen molar-refractivity contribution in [2.45, 2.75) is 6.18 Å². The van der Waals surface area contributed by atoms with Crippen molar-refractivity contribution in [3.05, 3.63) is 81.6 Å². The molecule has 4 aromatic rings. The Kier molecular flexibility index (Phi) is 5.91. The van der Waals surface area contributed by atoms with Crippen LogP contribution in [-0.4, -0.2) is 18.9 Å². The molecule has 3 aromatic carbocycles. The number of hydrogen-bond acceptors (Lipinski definition) is 4. The number of halogens is 4.